The first kappa shape index (κ1) is 17.2. The molecule has 1 N–H and O–H groups in total. The minimum Gasteiger partial charge on any atom is -0.450 e. The standard InChI is InChI=1S/C16H22FN3O3/c1-3-23-16(22)20-10-8-19(9-11-20)12(2)15(21)18-14-7-5-4-6-13(14)17/h4-7,12H,3,8-11H2,1-2H3,(H,18,21). The Morgan fingerprint density at radius 3 is 2.52 bits per heavy atom. The highest BCUT2D eigenvalue weighted by atomic mass is 19.1. The Morgan fingerprint density at radius 2 is 1.91 bits per heavy atom. The van der Waals surface area contributed by atoms with Gasteiger partial charge in [-0.1, -0.05) is 12.1 Å². The summed E-state index contributed by atoms with van der Waals surface area (Å²) < 4.78 is 18.5. The number of hydrogen-bond donors (Lipinski definition) is 1. The molecule has 1 aromatic carbocycles. The van der Waals surface area contributed by atoms with E-state index in [4.69, 9.17) is 4.74 Å². The van der Waals surface area contributed by atoms with Crippen molar-refractivity contribution in [2.24, 2.45) is 0 Å². The lowest BCUT2D eigenvalue weighted by molar-refractivity contribution is -0.121. The van der Waals surface area contributed by atoms with Gasteiger partial charge in [0.2, 0.25) is 5.91 Å². The molecule has 23 heavy (non-hydrogen) atoms. The average Bonchev–Trinajstić information content (AvgIpc) is 2.56. The lowest BCUT2D eigenvalue weighted by atomic mass is 10.2. The van der Waals surface area contributed by atoms with Crippen molar-refractivity contribution in [2.75, 3.05) is 38.1 Å². The first-order valence-corrected chi connectivity index (χ1v) is 7.74. The zero-order valence-electron chi connectivity index (χ0n) is 13.4. The largest absolute Gasteiger partial charge is 0.450 e. The molecule has 1 heterocycles. The quantitative estimate of drug-likeness (QED) is 0.920. The van der Waals surface area contributed by atoms with Gasteiger partial charge in [0, 0.05) is 26.2 Å². The minimum atomic E-state index is -0.458. The third-order valence-corrected chi connectivity index (χ3v) is 3.90. The summed E-state index contributed by atoms with van der Waals surface area (Å²) in [5.41, 5.74) is 0.175. The third kappa shape index (κ3) is 4.41. The van der Waals surface area contributed by atoms with Gasteiger partial charge in [-0.15, -0.1) is 0 Å². The van der Waals surface area contributed by atoms with Crippen molar-refractivity contribution in [3.05, 3.63) is 30.1 Å². The Kier molecular flexibility index (Phi) is 5.92. The van der Waals surface area contributed by atoms with Crippen LogP contribution in [0.1, 0.15) is 13.8 Å². The number of nitrogens with one attached hydrogen (secondary N) is 1. The van der Waals surface area contributed by atoms with Crippen LogP contribution >= 0.6 is 0 Å². The summed E-state index contributed by atoms with van der Waals surface area (Å²) in [5.74, 6) is -0.722. The average molecular weight is 323 g/mol. The highest BCUT2D eigenvalue weighted by molar-refractivity contribution is 5.94. The van der Waals surface area contributed by atoms with Crippen LogP contribution < -0.4 is 5.32 Å². The van der Waals surface area contributed by atoms with E-state index >= 15 is 0 Å². The second-order valence-electron chi connectivity index (χ2n) is 5.37. The number of carbonyl (C=O) groups excluding carboxylic acids is 2. The zero-order chi connectivity index (χ0) is 16.8. The number of nitrogens with zero attached hydrogens (tertiary/aromatic N) is 2. The molecule has 0 spiro atoms. The maximum absolute atomic E-state index is 13.6. The van der Waals surface area contributed by atoms with Gasteiger partial charge < -0.3 is 15.0 Å². The Labute approximate surface area is 135 Å². The van der Waals surface area contributed by atoms with Crippen LogP contribution in [0.3, 0.4) is 0 Å². The Bertz CT molecular complexity index is 559. The van der Waals surface area contributed by atoms with E-state index in [0.29, 0.717) is 32.8 Å². The molecule has 1 aliphatic heterocycles. The van der Waals surface area contributed by atoms with E-state index in [-0.39, 0.29) is 17.7 Å². The van der Waals surface area contributed by atoms with Gasteiger partial charge in [0.25, 0.3) is 0 Å². The Balaban J connectivity index is 1.87. The van der Waals surface area contributed by atoms with Crippen LogP contribution in [0.4, 0.5) is 14.9 Å². The van der Waals surface area contributed by atoms with Gasteiger partial charge in [-0.05, 0) is 26.0 Å². The second kappa shape index (κ2) is 7.92. The third-order valence-electron chi connectivity index (χ3n) is 3.90. The maximum atomic E-state index is 13.6. The number of amides is 2. The number of anilines is 1. The predicted octanol–water partition coefficient (Wildman–Crippen LogP) is 1.93. The summed E-state index contributed by atoms with van der Waals surface area (Å²) in [6.45, 7) is 6.06. The highest BCUT2D eigenvalue weighted by Crippen LogP contribution is 2.14. The summed E-state index contributed by atoms with van der Waals surface area (Å²) in [6, 6.07) is 5.67. The second-order valence-corrected chi connectivity index (χ2v) is 5.37. The van der Waals surface area contributed by atoms with E-state index in [1.165, 1.54) is 12.1 Å². The minimum absolute atomic E-state index is 0.175. The van der Waals surface area contributed by atoms with E-state index in [2.05, 4.69) is 5.32 Å². The number of ether oxygens (including phenoxy) is 1. The van der Waals surface area contributed by atoms with Crippen LogP contribution in [0.2, 0.25) is 0 Å². The predicted molar refractivity (Wildman–Crippen MR) is 84.7 cm³/mol. The molecule has 1 atom stereocenters. The van der Waals surface area contributed by atoms with Crippen LogP contribution in [0, 0.1) is 5.82 Å². The molecule has 7 heteroatoms. The molecule has 0 aliphatic carbocycles. The SMILES string of the molecule is CCOC(=O)N1CCN(C(C)C(=O)Nc2ccccc2F)CC1. The van der Waals surface area contributed by atoms with Crippen LogP contribution in [-0.2, 0) is 9.53 Å². The molecule has 0 bridgehead atoms. The number of benzene rings is 1. The molecule has 0 radical (unpaired) electrons. The van der Waals surface area contributed by atoms with Crippen LogP contribution in [0.5, 0.6) is 0 Å². The van der Waals surface area contributed by atoms with E-state index in [1.807, 2.05) is 4.90 Å². The zero-order valence-corrected chi connectivity index (χ0v) is 13.4. The summed E-state index contributed by atoms with van der Waals surface area (Å²) in [5, 5.41) is 2.60. The molecular formula is C16H22FN3O3. The monoisotopic (exact) mass is 323 g/mol. The molecular weight excluding hydrogens is 301 g/mol. The van der Waals surface area contributed by atoms with Crippen LogP contribution in [-0.4, -0.2) is 60.6 Å². The lowest BCUT2D eigenvalue weighted by Gasteiger charge is -2.36. The normalized spacial score (nSPS) is 16.7. The smallest absolute Gasteiger partial charge is 0.409 e. The first-order valence-electron chi connectivity index (χ1n) is 7.74. The van der Waals surface area contributed by atoms with Crippen molar-refractivity contribution < 1.29 is 18.7 Å². The lowest BCUT2D eigenvalue weighted by Crippen LogP contribution is -2.54. The number of piperazine rings is 1. The molecule has 0 saturated carbocycles. The van der Waals surface area contributed by atoms with Gasteiger partial charge in [0.15, 0.2) is 0 Å². The summed E-state index contributed by atoms with van der Waals surface area (Å²) >= 11 is 0. The fraction of sp³-hybridized carbons (Fsp3) is 0.500. The van der Waals surface area contributed by atoms with Gasteiger partial charge in [-0.25, -0.2) is 9.18 Å². The van der Waals surface area contributed by atoms with Gasteiger partial charge in [0.05, 0.1) is 18.3 Å². The van der Waals surface area contributed by atoms with Crippen molar-refractivity contribution in [1.82, 2.24) is 9.80 Å². The molecule has 1 fully saturated rings. The molecule has 0 aromatic heterocycles. The van der Waals surface area contributed by atoms with Gasteiger partial charge in [-0.3, -0.25) is 9.69 Å². The van der Waals surface area contributed by atoms with Gasteiger partial charge in [-0.2, -0.15) is 0 Å². The van der Waals surface area contributed by atoms with Crippen molar-refractivity contribution in [1.29, 1.82) is 0 Å². The molecule has 2 amide bonds. The topological polar surface area (TPSA) is 61.9 Å². The fourth-order valence-electron chi connectivity index (χ4n) is 2.47. The van der Waals surface area contributed by atoms with Gasteiger partial charge in [0.1, 0.15) is 5.82 Å². The van der Waals surface area contributed by atoms with Gasteiger partial charge >= 0.3 is 6.09 Å². The van der Waals surface area contributed by atoms with E-state index in [0.717, 1.165) is 0 Å². The number of halogens is 1. The van der Waals surface area contributed by atoms with E-state index in [9.17, 15) is 14.0 Å². The number of rotatable bonds is 4. The number of hydrogen-bond acceptors (Lipinski definition) is 4. The first-order chi connectivity index (χ1) is 11.0. The molecule has 1 saturated heterocycles. The van der Waals surface area contributed by atoms with Crippen LogP contribution in [0.15, 0.2) is 24.3 Å². The summed E-state index contributed by atoms with van der Waals surface area (Å²) in [7, 11) is 0. The van der Waals surface area contributed by atoms with E-state index < -0.39 is 11.9 Å². The summed E-state index contributed by atoms with van der Waals surface area (Å²) in [4.78, 5) is 27.5. The summed E-state index contributed by atoms with van der Waals surface area (Å²) in [6.07, 6.45) is -0.324. The van der Waals surface area contributed by atoms with Crippen LogP contribution in [0.25, 0.3) is 0 Å². The molecule has 1 unspecified atom stereocenters. The molecule has 1 aliphatic rings. The maximum Gasteiger partial charge on any atom is 0.409 e. The van der Waals surface area contributed by atoms with Crippen molar-refractivity contribution >= 4 is 17.7 Å². The molecule has 1 aromatic rings. The number of para-hydroxylation sites is 1. The number of carbonyl (C=O) groups is 2. The van der Waals surface area contributed by atoms with Crippen molar-refractivity contribution in [2.45, 2.75) is 19.9 Å². The Hall–Kier alpha value is -2.15. The van der Waals surface area contributed by atoms with Crippen molar-refractivity contribution in [3.8, 4) is 0 Å². The highest BCUT2D eigenvalue weighted by Gasteiger charge is 2.28. The fourth-order valence-corrected chi connectivity index (χ4v) is 2.47. The van der Waals surface area contributed by atoms with Crippen molar-refractivity contribution in [3.63, 3.8) is 0 Å². The molecule has 126 valence electrons. The molecule has 6 nitrogen and oxygen atoms in total. The molecule has 2 rings (SSSR count). The van der Waals surface area contributed by atoms with E-state index in [1.54, 1.807) is 30.9 Å². The Morgan fingerprint density at radius 1 is 1.26 bits per heavy atom.